The van der Waals surface area contributed by atoms with Gasteiger partial charge in [-0.2, -0.15) is 4.31 Å². The molecule has 34 heavy (non-hydrogen) atoms. The van der Waals surface area contributed by atoms with Crippen LogP contribution in [0.25, 0.3) is 0 Å². The van der Waals surface area contributed by atoms with Crippen LogP contribution in [-0.4, -0.2) is 42.8 Å². The molecule has 0 saturated carbocycles. The summed E-state index contributed by atoms with van der Waals surface area (Å²) in [6, 6.07) is 21.5. The Morgan fingerprint density at radius 1 is 0.971 bits per heavy atom. The number of ketones is 1. The molecule has 0 unspecified atom stereocenters. The second kappa shape index (κ2) is 10.7. The number of rotatable bonds is 8. The normalized spacial score (nSPS) is 15.2. The molecule has 3 aromatic rings. The first-order valence-electron chi connectivity index (χ1n) is 11.2. The summed E-state index contributed by atoms with van der Waals surface area (Å²) < 4.78 is 27.1. The number of hydrogen-bond acceptors (Lipinski definition) is 5. The molecule has 0 bridgehead atoms. The summed E-state index contributed by atoms with van der Waals surface area (Å²) in [5.74, 6) is 0.0130. The summed E-state index contributed by atoms with van der Waals surface area (Å²) in [5.41, 5.74) is 3.27. The minimum absolute atomic E-state index is 0.0130. The number of sulfonamides is 1. The lowest BCUT2D eigenvalue weighted by Crippen LogP contribution is -2.39. The highest BCUT2D eigenvalue weighted by Gasteiger charge is 2.28. The van der Waals surface area contributed by atoms with Gasteiger partial charge in [0.2, 0.25) is 10.0 Å². The fourth-order valence-corrected chi connectivity index (χ4v) is 5.65. The maximum atomic E-state index is 12.8. The number of aliphatic hydroxyl groups is 1. The standard InChI is InChI=1S/C26H27ClN2O4S/c27-21-9-8-20(26(18-21)28-22-4-2-1-3-5-22)17-24(31)16-19-6-10-25(11-7-19)34(32,33)29-14-12-23(30)13-15-29/h1-11,18,23,28,30H,12-17H2. The predicted molar refractivity (Wildman–Crippen MR) is 134 cm³/mol. The number of benzene rings is 3. The van der Waals surface area contributed by atoms with Crippen LogP contribution in [0, 0.1) is 0 Å². The Labute approximate surface area is 205 Å². The van der Waals surface area contributed by atoms with E-state index in [2.05, 4.69) is 5.32 Å². The third kappa shape index (κ3) is 6.04. The second-order valence-corrected chi connectivity index (χ2v) is 10.8. The minimum Gasteiger partial charge on any atom is -0.393 e. The molecule has 6 nitrogen and oxygen atoms in total. The number of carbonyl (C=O) groups excluding carboxylic acids is 1. The van der Waals surface area contributed by atoms with Gasteiger partial charge in [-0.05, 0) is 60.4 Å². The van der Waals surface area contributed by atoms with Crippen LogP contribution >= 0.6 is 11.6 Å². The van der Waals surface area contributed by atoms with Crippen molar-refractivity contribution in [2.45, 2.75) is 36.7 Å². The Balaban J connectivity index is 1.42. The Hall–Kier alpha value is -2.71. The van der Waals surface area contributed by atoms with Gasteiger partial charge < -0.3 is 10.4 Å². The van der Waals surface area contributed by atoms with Crippen molar-refractivity contribution in [1.82, 2.24) is 4.31 Å². The number of nitrogens with one attached hydrogen (secondary N) is 1. The second-order valence-electron chi connectivity index (χ2n) is 8.46. The summed E-state index contributed by atoms with van der Waals surface area (Å²) in [6.07, 6.45) is 0.866. The molecule has 0 amide bonds. The Kier molecular flexibility index (Phi) is 7.68. The Morgan fingerprint density at radius 2 is 1.65 bits per heavy atom. The molecule has 0 aliphatic carbocycles. The number of anilines is 2. The molecule has 0 radical (unpaired) electrons. The van der Waals surface area contributed by atoms with E-state index in [0.717, 1.165) is 22.5 Å². The van der Waals surface area contributed by atoms with Gasteiger partial charge in [-0.15, -0.1) is 0 Å². The number of piperidine rings is 1. The summed E-state index contributed by atoms with van der Waals surface area (Å²) in [6.45, 7) is 0.619. The first-order valence-corrected chi connectivity index (χ1v) is 13.0. The van der Waals surface area contributed by atoms with E-state index >= 15 is 0 Å². The molecular weight excluding hydrogens is 472 g/mol. The lowest BCUT2D eigenvalue weighted by molar-refractivity contribution is -0.117. The molecular formula is C26H27ClN2O4S. The maximum absolute atomic E-state index is 12.8. The summed E-state index contributed by atoms with van der Waals surface area (Å²) >= 11 is 6.17. The summed E-state index contributed by atoms with van der Waals surface area (Å²) in [7, 11) is -3.60. The first kappa shape index (κ1) is 24.4. The third-order valence-corrected chi connectivity index (χ3v) is 8.05. The molecule has 178 valence electrons. The molecule has 0 aromatic heterocycles. The van der Waals surface area contributed by atoms with E-state index in [0.29, 0.717) is 31.0 Å². The quantitative estimate of drug-likeness (QED) is 0.474. The lowest BCUT2D eigenvalue weighted by Gasteiger charge is -2.28. The molecule has 1 fully saturated rings. The predicted octanol–water partition coefficient (Wildman–Crippen LogP) is 4.58. The number of nitrogens with zero attached hydrogens (tertiary/aromatic N) is 1. The van der Waals surface area contributed by atoms with Crippen LogP contribution in [0.15, 0.2) is 77.7 Å². The molecule has 8 heteroatoms. The SMILES string of the molecule is O=C(Cc1ccc(S(=O)(=O)N2CCC(O)CC2)cc1)Cc1ccc(Cl)cc1Nc1ccccc1. The lowest BCUT2D eigenvalue weighted by atomic mass is 10.0. The van der Waals surface area contributed by atoms with Crippen molar-refractivity contribution in [3.63, 3.8) is 0 Å². The van der Waals surface area contributed by atoms with Gasteiger partial charge in [-0.3, -0.25) is 4.79 Å². The van der Waals surface area contributed by atoms with Crippen molar-refractivity contribution in [3.05, 3.63) is 88.9 Å². The maximum Gasteiger partial charge on any atom is 0.243 e. The van der Waals surface area contributed by atoms with Crippen LogP contribution in [0.4, 0.5) is 11.4 Å². The van der Waals surface area contributed by atoms with E-state index in [1.54, 1.807) is 36.4 Å². The molecule has 4 rings (SSSR count). The fraction of sp³-hybridized carbons (Fsp3) is 0.269. The summed E-state index contributed by atoms with van der Waals surface area (Å²) in [4.78, 5) is 13.0. The molecule has 0 atom stereocenters. The smallest absolute Gasteiger partial charge is 0.243 e. The van der Waals surface area contributed by atoms with Gasteiger partial charge in [-0.1, -0.05) is 48.0 Å². The van der Waals surface area contributed by atoms with Gasteiger partial charge in [0.15, 0.2) is 0 Å². The fourth-order valence-electron chi connectivity index (χ4n) is 4.01. The molecule has 3 aromatic carbocycles. The highest BCUT2D eigenvalue weighted by molar-refractivity contribution is 7.89. The van der Waals surface area contributed by atoms with E-state index in [-0.39, 0.29) is 23.5 Å². The van der Waals surface area contributed by atoms with E-state index in [1.807, 2.05) is 36.4 Å². The van der Waals surface area contributed by atoms with Crippen molar-refractivity contribution >= 4 is 38.8 Å². The molecule has 0 spiro atoms. The van der Waals surface area contributed by atoms with Crippen molar-refractivity contribution in [2.75, 3.05) is 18.4 Å². The number of halogens is 1. The van der Waals surface area contributed by atoms with Crippen LogP contribution in [0.3, 0.4) is 0 Å². The zero-order valence-corrected chi connectivity index (χ0v) is 20.2. The van der Waals surface area contributed by atoms with E-state index < -0.39 is 16.1 Å². The number of aliphatic hydroxyl groups excluding tert-OH is 1. The molecule has 2 N–H and O–H groups in total. The van der Waals surface area contributed by atoms with Crippen LogP contribution < -0.4 is 5.32 Å². The van der Waals surface area contributed by atoms with Gasteiger partial charge in [-0.25, -0.2) is 8.42 Å². The monoisotopic (exact) mass is 498 g/mol. The van der Waals surface area contributed by atoms with Crippen molar-refractivity contribution in [2.24, 2.45) is 0 Å². The average molecular weight is 499 g/mol. The number of para-hydroxylation sites is 1. The van der Waals surface area contributed by atoms with Gasteiger partial charge in [0.25, 0.3) is 0 Å². The molecule has 1 saturated heterocycles. The van der Waals surface area contributed by atoms with Crippen LogP contribution in [0.1, 0.15) is 24.0 Å². The zero-order valence-electron chi connectivity index (χ0n) is 18.7. The van der Waals surface area contributed by atoms with E-state index in [4.69, 9.17) is 11.6 Å². The van der Waals surface area contributed by atoms with Gasteiger partial charge >= 0.3 is 0 Å². The molecule has 1 aliphatic heterocycles. The van der Waals surface area contributed by atoms with Gasteiger partial charge in [0, 0.05) is 42.3 Å². The summed E-state index contributed by atoms with van der Waals surface area (Å²) in [5, 5.41) is 13.5. The van der Waals surface area contributed by atoms with Crippen molar-refractivity contribution in [1.29, 1.82) is 0 Å². The third-order valence-electron chi connectivity index (χ3n) is 5.90. The number of Topliss-reactive ketones (excluding diaryl/α,β-unsaturated/α-hetero) is 1. The largest absolute Gasteiger partial charge is 0.393 e. The molecule has 1 aliphatic rings. The van der Waals surface area contributed by atoms with Crippen LogP contribution in [0.2, 0.25) is 5.02 Å². The zero-order chi connectivity index (χ0) is 24.1. The highest BCUT2D eigenvalue weighted by Crippen LogP contribution is 2.26. The number of hydrogen-bond donors (Lipinski definition) is 2. The van der Waals surface area contributed by atoms with E-state index in [9.17, 15) is 18.3 Å². The van der Waals surface area contributed by atoms with Crippen molar-refractivity contribution in [3.8, 4) is 0 Å². The topological polar surface area (TPSA) is 86.7 Å². The van der Waals surface area contributed by atoms with Crippen LogP contribution in [0.5, 0.6) is 0 Å². The van der Waals surface area contributed by atoms with Crippen LogP contribution in [-0.2, 0) is 27.7 Å². The Morgan fingerprint density at radius 3 is 2.32 bits per heavy atom. The van der Waals surface area contributed by atoms with Gasteiger partial charge in [0.05, 0.1) is 11.0 Å². The van der Waals surface area contributed by atoms with E-state index in [1.165, 1.54) is 4.31 Å². The molecule has 1 heterocycles. The number of carbonyl (C=O) groups is 1. The Bertz CT molecular complexity index is 1240. The van der Waals surface area contributed by atoms with Gasteiger partial charge in [0.1, 0.15) is 5.78 Å². The van der Waals surface area contributed by atoms with Crippen molar-refractivity contribution < 1.29 is 18.3 Å². The first-order chi connectivity index (χ1) is 16.3. The average Bonchev–Trinajstić information content (AvgIpc) is 2.82. The highest BCUT2D eigenvalue weighted by atomic mass is 35.5. The minimum atomic E-state index is -3.60.